The van der Waals surface area contributed by atoms with E-state index in [0.717, 1.165) is 0 Å². The Labute approximate surface area is 134 Å². The van der Waals surface area contributed by atoms with Crippen LogP contribution in [0.3, 0.4) is 0 Å². The van der Waals surface area contributed by atoms with Gasteiger partial charge < -0.3 is 9.84 Å². The van der Waals surface area contributed by atoms with E-state index < -0.39 is 5.72 Å². The van der Waals surface area contributed by atoms with Gasteiger partial charge in [0.05, 0.1) is 7.11 Å². The summed E-state index contributed by atoms with van der Waals surface area (Å²) in [6.07, 6.45) is 0.291. The van der Waals surface area contributed by atoms with Crippen molar-refractivity contribution in [2.75, 3.05) is 7.11 Å². The molecule has 1 amide bonds. The summed E-state index contributed by atoms with van der Waals surface area (Å²) in [5.41, 5.74) is 0.335. The summed E-state index contributed by atoms with van der Waals surface area (Å²) in [5, 5.41) is 16.5. The van der Waals surface area contributed by atoms with Gasteiger partial charge in [-0.2, -0.15) is 10.1 Å². The van der Waals surface area contributed by atoms with Crippen LogP contribution in [0.2, 0.25) is 0 Å². The highest BCUT2D eigenvalue weighted by atomic mass is 16.5. The fourth-order valence-corrected chi connectivity index (χ4v) is 2.72. The highest BCUT2D eigenvalue weighted by Crippen LogP contribution is 2.36. The summed E-state index contributed by atoms with van der Waals surface area (Å²) in [6, 6.07) is 15.9. The Bertz CT molecular complexity index is 741. The molecule has 0 spiro atoms. The van der Waals surface area contributed by atoms with Gasteiger partial charge in [-0.25, -0.2) is 0 Å². The first-order valence-electron chi connectivity index (χ1n) is 7.35. The first-order valence-corrected chi connectivity index (χ1v) is 7.35. The van der Waals surface area contributed by atoms with E-state index in [2.05, 4.69) is 5.10 Å². The fourth-order valence-electron chi connectivity index (χ4n) is 2.72. The molecule has 0 unspecified atom stereocenters. The number of hydrogen-bond acceptors (Lipinski definition) is 4. The minimum absolute atomic E-state index is 0.291. The second kappa shape index (κ2) is 5.85. The molecule has 1 N–H and O–H groups in total. The molecule has 0 fully saturated rings. The molecule has 0 aromatic heterocycles. The SMILES string of the molecule is COc1ccc(C(=O)N2N=C(C)C[C@]2(O)c2ccccc2)cc1. The van der Waals surface area contributed by atoms with Crippen LogP contribution in [0.1, 0.15) is 29.3 Å². The number of hydrogen-bond donors (Lipinski definition) is 1. The molecule has 3 rings (SSSR count). The van der Waals surface area contributed by atoms with Gasteiger partial charge >= 0.3 is 0 Å². The predicted molar refractivity (Wildman–Crippen MR) is 87.2 cm³/mol. The Morgan fingerprint density at radius 2 is 1.83 bits per heavy atom. The van der Waals surface area contributed by atoms with Crippen LogP contribution in [0.15, 0.2) is 59.7 Å². The Kier molecular flexibility index (Phi) is 3.88. The zero-order valence-electron chi connectivity index (χ0n) is 13.1. The zero-order valence-corrected chi connectivity index (χ0v) is 13.1. The fraction of sp³-hybridized carbons (Fsp3) is 0.222. The van der Waals surface area contributed by atoms with Crippen molar-refractivity contribution in [2.45, 2.75) is 19.1 Å². The van der Waals surface area contributed by atoms with Gasteiger partial charge in [-0.1, -0.05) is 30.3 Å². The van der Waals surface area contributed by atoms with E-state index in [1.54, 1.807) is 50.4 Å². The Morgan fingerprint density at radius 3 is 2.43 bits per heavy atom. The van der Waals surface area contributed by atoms with Crippen LogP contribution < -0.4 is 4.74 Å². The van der Waals surface area contributed by atoms with Crippen molar-refractivity contribution >= 4 is 11.6 Å². The van der Waals surface area contributed by atoms with Crippen LogP contribution in [0.5, 0.6) is 5.75 Å². The lowest BCUT2D eigenvalue weighted by atomic mass is 9.97. The summed E-state index contributed by atoms with van der Waals surface area (Å²) in [4.78, 5) is 12.8. The first-order chi connectivity index (χ1) is 11.0. The molecular formula is C18H18N2O3. The highest BCUT2D eigenvalue weighted by molar-refractivity contribution is 5.98. The van der Waals surface area contributed by atoms with Crippen molar-refractivity contribution in [2.24, 2.45) is 5.10 Å². The third-order valence-corrected chi connectivity index (χ3v) is 3.89. The van der Waals surface area contributed by atoms with Crippen molar-refractivity contribution in [1.29, 1.82) is 0 Å². The molecule has 23 heavy (non-hydrogen) atoms. The van der Waals surface area contributed by atoms with Gasteiger partial charge in [0.25, 0.3) is 5.91 Å². The van der Waals surface area contributed by atoms with Crippen LogP contribution in [0.4, 0.5) is 0 Å². The second-order valence-corrected chi connectivity index (χ2v) is 5.54. The van der Waals surface area contributed by atoms with Gasteiger partial charge in [0, 0.05) is 23.3 Å². The third-order valence-electron chi connectivity index (χ3n) is 3.89. The average Bonchev–Trinajstić information content (AvgIpc) is 2.91. The van der Waals surface area contributed by atoms with Gasteiger partial charge in [0.2, 0.25) is 0 Å². The van der Waals surface area contributed by atoms with E-state index in [1.807, 2.05) is 18.2 Å². The van der Waals surface area contributed by atoms with Crippen molar-refractivity contribution < 1.29 is 14.6 Å². The summed E-state index contributed by atoms with van der Waals surface area (Å²) in [7, 11) is 1.57. The van der Waals surface area contributed by atoms with Crippen molar-refractivity contribution in [3.05, 3.63) is 65.7 Å². The zero-order chi connectivity index (χ0) is 16.4. The van der Waals surface area contributed by atoms with Crippen LogP contribution in [0.25, 0.3) is 0 Å². The van der Waals surface area contributed by atoms with Crippen molar-refractivity contribution in [3.8, 4) is 5.75 Å². The number of hydrazone groups is 1. The number of nitrogens with zero attached hydrogens (tertiary/aromatic N) is 2. The molecule has 1 atom stereocenters. The van der Waals surface area contributed by atoms with E-state index in [0.29, 0.717) is 29.0 Å². The Balaban J connectivity index is 1.96. The predicted octanol–water partition coefficient (Wildman–Crippen LogP) is 2.76. The number of rotatable bonds is 3. The maximum atomic E-state index is 12.8. The summed E-state index contributed by atoms with van der Waals surface area (Å²) >= 11 is 0. The van der Waals surface area contributed by atoms with Crippen LogP contribution in [0, 0.1) is 0 Å². The van der Waals surface area contributed by atoms with Crippen molar-refractivity contribution in [3.63, 3.8) is 0 Å². The number of amides is 1. The first kappa shape index (κ1) is 15.2. The Morgan fingerprint density at radius 1 is 1.17 bits per heavy atom. The topological polar surface area (TPSA) is 62.1 Å². The molecule has 5 nitrogen and oxygen atoms in total. The van der Waals surface area contributed by atoms with Crippen LogP contribution >= 0.6 is 0 Å². The molecule has 0 saturated carbocycles. The average molecular weight is 310 g/mol. The van der Waals surface area contributed by atoms with Gasteiger partial charge in [0.15, 0.2) is 5.72 Å². The molecule has 5 heteroatoms. The minimum atomic E-state index is -1.46. The summed E-state index contributed by atoms with van der Waals surface area (Å²) < 4.78 is 5.10. The quantitative estimate of drug-likeness (QED) is 0.948. The smallest absolute Gasteiger partial charge is 0.276 e. The largest absolute Gasteiger partial charge is 0.497 e. The van der Waals surface area contributed by atoms with Gasteiger partial charge in [-0.15, -0.1) is 0 Å². The number of carbonyl (C=O) groups excluding carboxylic acids is 1. The van der Waals surface area contributed by atoms with Gasteiger partial charge in [-0.05, 0) is 31.2 Å². The monoisotopic (exact) mass is 310 g/mol. The van der Waals surface area contributed by atoms with E-state index >= 15 is 0 Å². The lowest BCUT2D eigenvalue weighted by molar-refractivity contribution is -0.0765. The molecule has 0 radical (unpaired) electrons. The van der Waals surface area contributed by atoms with E-state index in [4.69, 9.17) is 4.74 Å². The third kappa shape index (κ3) is 2.71. The standard InChI is InChI=1S/C18H18N2O3/c1-13-12-18(22,15-6-4-3-5-7-15)20(19-13)17(21)14-8-10-16(23-2)11-9-14/h3-11,22H,12H2,1-2H3/t18-/m0/s1. The summed E-state index contributed by atoms with van der Waals surface area (Å²) in [5.74, 6) is 0.317. The van der Waals surface area contributed by atoms with E-state index in [1.165, 1.54) is 5.01 Å². The maximum Gasteiger partial charge on any atom is 0.276 e. The number of ether oxygens (including phenoxy) is 1. The molecule has 1 aliphatic rings. The van der Waals surface area contributed by atoms with E-state index in [9.17, 15) is 9.90 Å². The highest BCUT2D eigenvalue weighted by Gasteiger charge is 2.45. The number of carbonyl (C=O) groups is 1. The molecular weight excluding hydrogens is 292 g/mol. The lowest BCUT2D eigenvalue weighted by Gasteiger charge is -2.31. The minimum Gasteiger partial charge on any atom is -0.497 e. The Hall–Kier alpha value is -2.66. The molecule has 1 aliphatic heterocycles. The number of methoxy groups -OCH3 is 1. The molecule has 0 aliphatic carbocycles. The van der Waals surface area contributed by atoms with Gasteiger partial charge in [-0.3, -0.25) is 4.79 Å². The molecule has 0 bridgehead atoms. The van der Waals surface area contributed by atoms with Crippen molar-refractivity contribution in [1.82, 2.24) is 5.01 Å². The summed E-state index contributed by atoms with van der Waals surface area (Å²) in [6.45, 7) is 1.80. The molecule has 2 aromatic rings. The normalized spacial score (nSPS) is 20.3. The second-order valence-electron chi connectivity index (χ2n) is 5.54. The molecule has 2 aromatic carbocycles. The lowest BCUT2D eigenvalue weighted by Crippen LogP contribution is -2.43. The number of aliphatic hydroxyl groups is 1. The van der Waals surface area contributed by atoms with Crippen LogP contribution in [-0.2, 0) is 5.72 Å². The van der Waals surface area contributed by atoms with E-state index in [-0.39, 0.29) is 5.91 Å². The maximum absolute atomic E-state index is 12.8. The van der Waals surface area contributed by atoms with Gasteiger partial charge in [0.1, 0.15) is 5.75 Å². The number of benzene rings is 2. The molecule has 118 valence electrons. The molecule has 1 heterocycles. The molecule has 0 saturated heterocycles. The van der Waals surface area contributed by atoms with Crippen LogP contribution in [-0.4, -0.2) is 28.8 Å².